The van der Waals surface area contributed by atoms with Gasteiger partial charge in [-0.25, -0.2) is 0 Å². The molecule has 1 aliphatic rings. The maximum atomic E-state index is 12.7. The van der Waals surface area contributed by atoms with Gasteiger partial charge in [-0.1, -0.05) is 31.5 Å². The van der Waals surface area contributed by atoms with Crippen LogP contribution in [0.4, 0.5) is 11.6 Å². The van der Waals surface area contributed by atoms with E-state index in [0.29, 0.717) is 25.6 Å². The predicted octanol–water partition coefficient (Wildman–Crippen LogP) is 1.17. The van der Waals surface area contributed by atoms with Crippen molar-refractivity contribution in [1.29, 1.82) is 0 Å². The second-order valence-corrected chi connectivity index (χ2v) is 6.58. The van der Waals surface area contributed by atoms with Crippen molar-refractivity contribution in [3.63, 3.8) is 0 Å². The summed E-state index contributed by atoms with van der Waals surface area (Å²) >= 11 is 0. The Morgan fingerprint density at radius 1 is 1.15 bits per heavy atom. The average molecular weight is 370 g/mol. The molecule has 0 saturated heterocycles. The maximum absolute atomic E-state index is 12.7. The topological polar surface area (TPSA) is 83.4 Å². The van der Waals surface area contributed by atoms with E-state index in [1.54, 1.807) is 0 Å². The summed E-state index contributed by atoms with van der Waals surface area (Å²) in [7, 11) is 0. The van der Waals surface area contributed by atoms with Crippen LogP contribution in [0.25, 0.3) is 0 Å². The Morgan fingerprint density at radius 3 is 2.52 bits per heavy atom. The minimum Gasteiger partial charge on any atom is -0.349 e. The molecule has 0 spiro atoms. The lowest BCUT2D eigenvalue weighted by atomic mass is 10.2. The molecule has 2 heterocycles. The highest BCUT2D eigenvalue weighted by atomic mass is 16.2. The number of benzene rings is 1. The molecule has 27 heavy (non-hydrogen) atoms. The van der Waals surface area contributed by atoms with Crippen LogP contribution in [0.1, 0.15) is 29.9 Å². The highest BCUT2D eigenvalue weighted by Crippen LogP contribution is 2.26. The van der Waals surface area contributed by atoms with Gasteiger partial charge in [0.25, 0.3) is 11.5 Å². The van der Waals surface area contributed by atoms with E-state index < -0.39 is 11.5 Å². The molecule has 1 aromatic carbocycles. The first-order valence-electron chi connectivity index (χ1n) is 9.37. The molecule has 1 amide bonds. The fourth-order valence-electron chi connectivity index (χ4n) is 3.17. The number of likely N-dealkylation sites (N-methyl/N-ethyl adjacent to an activating group) is 1. The number of nitrogens with zero attached hydrogens (tertiary/aromatic N) is 5. The molecule has 2 aromatic rings. The fraction of sp³-hybridized carbons (Fsp3) is 0.474. The van der Waals surface area contributed by atoms with Crippen LogP contribution in [0, 0.1) is 6.92 Å². The number of nitrogens with one attached hydrogen (secondary N) is 1. The van der Waals surface area contributed by atoms with Crippen molar-refractivity contribution in [3.05, 3.63) is 45.9 Å². The zero-order valence-electron chi connectivity index (χ0n) is 16.1. The second-order valence-electron chi connectivity index (χ2n) is 6.58. The van der Waals surface area contributed by atoms with Gasteiger partial charge in [0.2, 0.25) is 11.6 Å². The average Bonchev–Trinajstić information content (AvgIpc) is 3.11. The van der Waals surface area contributed by atoms with Gasteiger partial charge in [0.1, 0.15) is 0 Å². The minimum atomic E-state index is -0.469. The normalized spacial score (nSPS) is 13.1. The lowest BCUT2D eigenvalue weighted by Gasteiger charge is -2.18. The summed E-state index contributed by atoms with van der Waals surface area (Å²) in [6.07, 6.45) is 0. The number of aryl methyl sites for hydroxylation is 1. The van der Waals surface area contributed by atoms with Crippen LogP contribution in [0.15, 0.2) is 29.1 Å². The van der Waals surface area contributed by atoms with Gasteiger partial charge in [0.15, 0.2) is 0 Å². The monoisotopic (exact) mass is 370 g/mol. The van der Waals surface area contributed by atoms with Crippen LogP contribution in [0.3, 0.4) is 0 Å². The van der Waals surface area contributed by atoms with E-state index in [1.165, 1.54) is 4.57 Å². The van der Waals surface area contributed by atoms with E-state index in [-0.39, 0.29) is 5.69 Å². The van der Waals surface area contributed by atoms with Gasteiger partial charge in [-0.3, -0.25) is 14.2 Å². The lowest BCUT2D eigenvalue weighted by molar-refractivity contribution is 0.0940. The van der Waals surface area contributed by atoms with E-state index in [9.17, 15) is 9.59 Å². The van der Waals surface area contributed by atoms with Crippen LogP contribution in [-0.2, 0) is 6.54 Å². The number of fused-ring (bicyclic) bond motifs is 1. The molecule has 1 aliphatic heterocycles. The summed E-state index contributed by atoms with van der Waals surface area (Å²) in [5.74, 6) is 0.00675. The quantitative estimate of drug-likeness (QED) is 0.788. The summed E-state index contributed by atoms with van der Waals surface area (Å²) in [5.41, 5.74) is 1.58. The third kappa shape index (κ3) is 4.00. The molecule has 0 saturated carbocycles. The smallest absolute Gasteiger partial charge is 0.286 e. The number of carbonyl (C=O) groups is 1. The first-order chi connectivity index (χ1) is 13.0. The third-order valence-electron chi connectivity index (χ3n) is 4.89. The number of hydrogen-bond donors (Lipinski definition) is 1. The van der Waals surface area contributed by atoms with Crippen LogP contribution in [0.5, 0.6) is 0 Å². The van der Waals surface area contributed by atoms with Crippen molar-refractivity contribution in [3.8, 4) is 0 Å². The van der Waals surface area contributed by atoms with Gasteiger partial charge < -0.3 is 15.1 Å². The van der Waals surface area contributed by atoms with Crippen molar-refractivity contribution in [2.24, 2.45) is 0 Å². The molecule has 0 unspecified atom stereocenters. The molecule has 144 valence electrons. The fourth-order valence-corrected chi connectivity index (χ4v) is 3.17. The Labute approximate surface area is 158 Å². The van der Waals surface area contributed by atoms with Crippen LogP contribution >= 0.6 is 0 Å². The van der Waals surface area contributed by atoms with E-state index in [0.717, 1.165) is 30.9 Å². The first-order valence-corrected chi connectivity index (χ1v) is 9.37. The van der Waals surface area contributed by atoms with Crippen molar-refractivity contribution in [2.45, 2.75) is 27.3 Å². The number of rotatable bonds is 7. The molecule has 8 heteroatoms. The zero-order chi connectivity index (χ0) is 19.4. The summed E-state index contributed by atoms with van der Waals surface area (Å²) < 4.78 is 1.52. The highest BCUT2D eigenvalue weighted by molar-refractivity contribution is 5.91. The molecule has 0 bridgehead atoms. The van der Waals surface area contributed by atoms with Crippen molar-refractivity contribution >= 4 is 17.5 Å². The number of amides is 1. The summed E-state index contributed by atoms with van der Waals surface area (Å²) in [6, 6.07) is 8.01. The third-order valence-corrected chi connectivity index (χ3v) is 4.89. The Hall–Kier alpha value is -2.74. The lowest BCUT2D eigenvalue weighted by Crippen LogP contribution is -2.39. The van der Waals surface area contributed by atoms with Crippen molar-refractivity contribution in [1.82, 2.24) is 25.0 Å². The van der Waals surface area contributed by atoms with Gasteiger partial charge in [-0.15, -0.1) is 10.2 Å². The predicted molar refractivity (Wildman–Crippen MR) is 105 cm³/mol. The zero-order valence-corrected chi connectivity index (χ0v) is 16.1. The maximum Gasteiger partial charge on any atom is 0.286 e. The molecule has 0 fully saturated rings. The number of carbonyl (C=O) groups excluding carboxylic acids is 1. The Balaban J connectivity index is 1.74. The van der Waals surface area contributed by atoms with E-state index in [4.69, 9.17) is 0 Å². The van der Waals surface area contributed by atoms with Crippen LogP contribution in [0.2, 0.25) is 0 Å². The van der Waals surface area contributed by atoms with Crippen molar-refractivity contribution < 1.29 is 4.79 Å². The Kier molecular flexibility index (Phi) is 5.85. The van der Waals surface area contributed by atoms with E-state index in [2.05, 4.69) is 34.3 Å². The van der Waals surface area contributed by atoms with Gasteiger partial charge in [0, 0.05) is 31.9 Å². The molecule has 1 N–H and O–H groups in total. The van der Waals surface area contributed by atoms with Gasteiger partial charge in [0.05, 0.1) is 0 Å². The molecule has 1 aromatic heterocycles. The largest absolute Gasteiger partial charge is 0.349 e. The number of anilines is 2. The number of hydrogen-bond acceptors (Lipinski definition) is 6. The summed E-state index contributed by atoms with van der Waals surface area (Å²) in [5, 5.41) is 10.9. The van der Waals surface area contributed by atoms with Crippen LogP contribution in [-0.4, -0.2) is 58.3 Å². The van der Waals surface area contributed by atoms with Crippen LogP contribution < -0.4 is 15.8 Å². The Morgan fingerprint density at radius 2 is 1.85 bits per heavy atom. The molecule has 0 aliphatic carbocycles. The summed E-state index contributed by atoms with van der Waals surface area (Å²) in [4.78, 5) is 29.2. The SMILES string of the molecule is CCN(CC)CCNC(=O)c1nnc2n(c1=O)CCN2c1ccc(C)cc1. The number of aromatic nitrogens is 3. The molecule has 8 nitrogen and oxygen atoms in total. The van der Waals surface area contributed by atoms with Gasteiger partial charge in [-0.05, 0) is 32.1 Å². The first kappa shape index (κ1) is 19.0. The minimum absolute atomic E-state index is 0.149. The van der Waals surface area contributed by atoms with Gasteiger partial charge in [-0.2, -0.15) is 0 Å². The summed E-state index contributed by atoms with van der Waals surface area (Å²) in [6.45, 7) is 10.3. The molecular formula is C19H26N6O2. The standard InChI is InChI=1S/C19H26N6O2/c1-4-23(5-2)11-10-20-17(26)16-18(27)25-13-12-24(19(25)22-21-16)15-8-6-14(3)7-9-15/h6-9H,4-5,10-13H2,1-3H3,(H,20,26). The van der Waals surface area contributed by atoms with Gasteiger partial charge >= 0.3 is 0 Å². The molecule has 0 atom stereocenters. The molecule has 0 radical (unpaired) electrons. The van der Waals surface area contributed by atoms with E-state index in [1.807, 2.05) is 36.1 Å². The highest BCUT2D eigenvalue weighted by Gasteiger charge is 2.27. The van der Waals surface area contributed by atoms with Crippen molar-refractivity contribution in [2.75, 3.05) is 37.6 Å². The molecule has 3 rings (SSSR count). The van der Waals surface area contributed by atoms with E-state index >= 15 is 0 Å². The second kappa shape index (κ2) is 8.30. The Bertz CT molecular complexity index is 857. The molecular weight excluding hydrogens is 344 g/mol.